The van der Waals surface area contributed by atoms with Crippen LogP contribution in [0.1, 0.15) is 9.67 Å². The largest absolute Gasteiger partial charge is 0.350 e. The number of halogens is 3. The van der Waals surface area contributed by atoms with Crippen LogP contribution < -0.4 is 10.2 Å². The maximum Gasteiger partial charge on any atom is 0.261 e. The molecule has 2 aromatic heterocycles. The summed E-state index contributed by atoms with van der Waals surface area (Å²) in [6.45, 7) is 4.43. The molecule has 1 amide bonds. The normalized spacial score (nSPS) is 15.3. The van der Waals surface area contributed by atoms with Crippen molar-refractivity contribution in [3.8, 4) is 0 Å². The van der Waals surface area contributed by atoms with Gasteiger partial charge in [0.05, 0.1) is 13.9 Å². The second-order valence-electron chi connectivity index (χ2n) is 6.42. The molecule has 1 aliphatic rings. The molecule has 1 fully saturated rings. The quantitative estimate of drug-likeness (QED) is 0.652. The third kappa shape index (κ3) is 4.27. The molecule has 148 valence electrons. The van der Waals surface area contributed by atoms with Crippen LogP contribution in [0.5, 0.6) is 0 Å². The van der Waals surface area contributed by atoms with Crippen LogP contribution >= 0.6 is 34.3 Å². The van der Waals surface area contributed by atoms with Gasteiger partial charge in [0.1, 0.15) is 11.3 Å². The smallest absolute Gasteiger partial charge is 0.261 e. The number of aromatic nitrogens is 1. The van der Waals surface area contributed by atoms with E-state index in [1.165, 1.54) is 28.7 Å². The van der Waals surface area contributed by atoms with E-state index in [0.717, 1.165) is 38.8 Å². The molecule has 0 saturated carbocycles. The minimum atomic E-state index is -0.626. The van der Waals surface area contributed by atoms with Crippen molar-refractivity contribution < 1.29 is 13.6 Å². The molecule has 0 radical (unpaired) electrons. The van der Waals surface area contributed by atoms with Gasteiger partial charge in [0.25, 0.3) is 5.91 Å². The zero-order valence-corrected chi connectivity index (χ0v) is 17.1. The van der Waals surface area contributed by atoms with Crippen LogP contribution in [0.15, 0.2) is 24.3 Å². The molecule has 1 saturated heterocycles. The number of hydrogen-bond acceptors (Lipinski definition) is 6. The van der Waals surface area contributed by atoms with Crippen LogP contribution in [0, 0.1) is 11.6 Å². The van der Waals surface area contributed by atoms with Crippen molar-refractivity contribution in [3.63, 3.8) is 0 Å². The average molecular weight is 443 g/mol. The van der Waals surface area contributed by atoms with E-state index in [9.17, 15) is 13.6 Å². The molecule has 1 aliphatic heterocycles. The highest BCUT2D eigenvalue weighted by Crippen LogP contribution is 2.31. The zero-order chi connectivity index (χ0) is 19.7. The van der Waals surface area contributed by atoms with E-state index in [0.29, 0.717) is 25.6 Å². The van der Waals surface area contributed by atoms with Gasteiger partial charge in [-0.1, -0.05) is 22.9 Å². The fourth-order valence-electron chi connectivity index (χ4n) is 3.09. The number of hydrogen-bond donors (Lipinski definition) is 1. The third-order valence-corrected chi connectivity index (χ3v) is 6.85. The molecule has 1 aromatic carbocycles. The predicted octanol–water partition coefficient (Wildman–Crippen LogP) is 3.84. The Morgan fingerprint density at radius 1 is 1.18 bits per heavy atom. The monoisotopic (exact) mass is 442 g/mol. The third-order valence-electron chi connectivity index (χ3n) is 4.56. The number of benzene rings is 1. The first-order valence-corrected chi connectivity index (χ1v) is 10.8. The number of carbonyl (C=O) groups excluding carboxylic acids is 1. The van der Waals surface area contributed by atoms with E-state index in [4.69, 9.17) is 11.6 Å². The standard InChI is InChI=1S/C18H17ClF2N4OS2/c19-15-2-1-13(27-15)17(26)22-3-4-24-5-7-25(8-6-24)18-23-16-12(21)9-11(20)10-14(16)28-18/h1-2,9-10H,3-8H2,(H,22,26). The Morgan fingerprint density at radius 2 is 1.96 bits per heavy atom. The number of nitrogens with zero attached hydrogens (tertiary/aromatic N) is 3. The fraction of sp³-hybridized carbons (Fsp3) is 0.333. The molecule has 0 bridgehead atoms. The van der Waals surface area contributed by atoms with Gasteiger partial charge in [-0.2, -0.15) is 0 Å². The van der Waals surface area contributed by atoms with Crippen molar-refractivity contribution >= 4 is 55.5 Å². The summed E-state index contributed by atoms with van der Waals surface area (Å²) in [5.74, 6) is -1.32. The molecule has 0 atom stereocenters. The minimum Gasteiger partial charge on any atom is -0.350 e. The summed E-state index contributed by atoms with van der Waals surface area (Å²) >= 11 is 8.41. The summed E-state index contributed by atoms with van der Waals surface area (Å²) in [5, 5.41) is 3.61. The highest BCUT2D eigenvalue weighted by atomic mass is 35.5. The van der Waals surface area contributed by atoms with Gasteiger partial charge in [-0.3, -0.25) is 9.69 Å². The maximum absolute atomic E-state index is 13.9. The first kappa shape index (κ1) is 19.5. The van der Waals surface area contributed by atoms with E-state index in [-0.39, 0.29) is 11.4 Å². The second-order valence-corrected chi connectivity index (χ2v) is 9.14. The van der Waals surface area contributed by atoms with Gasteiger partial charge in [0.15, 0.2) is 10.9 Å². The Bertz CT molecular complexity index is 1000. The summed E-state index contributed by atoms with van der Waals surface area (Å²) in [5.41, 5.74) is 0.222. The molecular formula is C18H17ClF2N4OS2. The van der Waals surface area contributed by atoms with E-state index in [1.54, 1.807) is 12.1 Å². The van der Waals surface area contributed by atoms with Crippen molar-refractivity contribution in [2.24, 2.45) is 0 Å². The number of piperazine rings is 1. The molecule has 5 nitrogen and oxygen atoms in total. The SMILES string of the molecule is O=C(NCCN1CCN(c2nc3c(F)cc(F)cc3s2)CC1)c1ccc(Cl)s1. The second kappa shape index (κ2) is 8.28. The Hall–Kier alpha value is -1.81. The lowest BCUT2D eigenvalue weighted by Crippen LogP contribution is -2.48. The van der Waals surface area contributed by atoms with Gasteiger partial charge in [-0.05, 0) is 18.2 Å². The molecule has 3 aromatic rings. The number of anilines is 1. The van der Waals surface area contributed by atoms with Crippen LogP contribution in [0.3, 0.4) is 0 Å². The van der Waals surface area contributed by atoms with Crippen molar-refractivity contribution in [1.29, 1.82) is 0 Å². The summed E-state index contributed by atoms with van der Waals surface area (Å²) in [4.78, 5) is 21.3. The molecule has 4 rings (SSSR count). The Kier molecular flexibility index (Phi) is 5.77. The highest BCUT2D eigenvalue weighted by molar-refractivity contribution is 7.22. The lowest BCUT2D eigenvalue weighted by atomic mass is 10.3. The first-order valence-electron chi connectivity index (χ1n) is 8.76. The number of nitrogens with one attached hydrogen (secondary N) is 1. The van der Waals surface area contributed by atoms with Crippen LogP contribution in [0.4, 0.5) is 13.9 Å². The van der Waals surface area contributed by atoms with Crippen LogP contribution in [-0.2, 0) is 0 Å². The van der Waals surface area contributed by atoms with Gasteiger partial charge in [0, 0.05) is 45.3 Å². The van der Waals surface area contributed by atoms with Crippen LogP contribution in [0.2, 0.25) is 4.34 Å². The van der Waals surface area contributed by atoms with Crippen molar-refractivity contribution in [1.82, 2.24) is 15.2 Å². The summed E-state index contributed by atoms with van der Waals surface area (Å²) in [7, 11) is 0. The number of thiazole rings is 1. The van der Waals surface area contributed by atoms with E-state index < -0.39 is 11.6 Å². The highest BCUT2D eigenvalue weighted by Gasteiger charge is 2.21. The topological polar surface area (TPSA) is 48.5 Å². The molecule has 0 aliphatic carbocycles. The lowest BCUT2D eigenvalue weighted by Gasteiger charge is -2.34. The maximum atomic E-state index is 13.9. The van der Waals surface area contributed by atoms with E-state index in [1.807, 2.05) is 0 Å². The lowest BCUT2D eigenvalue weighted by molar-refractivity contribution is 0.0952. The first-order chi connectivity index (χ1) is 13.5. The number of fused-ring (bicyclic) bond motifs is 1. The Balaban J connectivity index is 1.28. The molecule has 3 heterocycles. The van der Waals surface area contributed by atoms with Crippen LogP contribution in [0.25, 0.3) is 10.2 Å². The van der Waals surface area contributed by atoms with Crippen molar-refractivity contribution in [2.75, 3.05) is 44.2 Å². The van der Waals surface area contributed by atoms with Crippen LogP contribution in [-0.4, -0.2) is 55.1 Å². The van der Waals surface area contributed by atoms with Gasteiger partial charge >= 0.3 is 0 Å². The zero-order valence-electron chi connectivity index (χ0n) is 14.8. The molecular weight excluding hydrogens is 426 g/mol. The van der Waals surface area contributed by atoms with Gasteiger partial charge in [0.2, 0.25) is 0 Å². The van der Waals surface area contributed by atoms with E-state index in [2.05, 4.69) is 20.1 Å². The number of carbonyl (C=O) groups is 1. The fourth-order valence-corrected chi connectivity index (χ4v) is 5.11. The number of thiophene rings is 1. The van der Waals surface area contributed by atoms with Gasteiger partial charge < -0.3 is 10.2 Å². The summed E-state index contributed by atoms with van der Waals surface area (Å²) in [6.07, 6.45) is 0. The summed E-state index contributed by atoms with van der Waals surface area (Å²) < 4.78 is 28.3. The molecule has 0 spiro atoms. The molecule has 1 N–H and O–H groups in total. The predicted molar refractivity (Wildman–Crippen MR) is 110 cm³/mol. The summed E-state index contributed by atoms with van der Waals surface area (Å²) in [6, 6.07) is 5.61. The Labute approximate surface area is 173 Å². The number of rotatable bonds is 5. The Morgan fingerprint density at radius 3 is 2.68 bits per heavy atom. The van der Waals surface area contributed by atoms with Gasteiger partial charge in [-0.25, -0.2) is 13.8 Å². The molecule has 10 heteroatoms. The molecule has 0 unspecified atom stereocenters. The number of amides is 1. The van der Waals surface area contributed by atoms with Crippen molar-refractivity contribution in [2.45, 2.75) is 0 Å². The minimum absolute atomic E-state index is 0.112. The van der Waals surface area contributed by atoms with Crippen molar-refractivity contribution in [3.05, 3.63) is 45.1 Å². The van der Waals surface area contributed by atoms with E-state index >= 15 is 0 Å². The average Bonchev–Trinajstić information content (AvgIpc) is 3.29. The molecule has 28 heavy (non-hydrogen) atoms. The van der Waals surface area contributed by atoms with Gasteiger partial charge in [-0.15, -0.1) is 11.3 Å².